The van der Waals surface area contributed by atoms with Gasteiger partial charge < -0.3 is 0 Å². The van der Waals surface area contributed by atoms with Crippen LogP contribution in [0.25, 0.3) is 5.69 Å². The molecule has 0 radical (unpaired) electrons. The highest BCUT2D eigenvalue weighted by Gasteiger charge is 2.32. The van der Waals surface area contributed by atoms with Gasteiger partial charge in [0, 0.05) is 5.92 Å². The van der Waals surface area contributed by atoms with Gasteiger partial charge in [-0.25, -0.2) is 4.68 Å². The van der Waals surface area contributed by atoms with E-state index in [1.807, 2.05) is 36.4 Å². The number of carbonyl (C=O) groups excluding carboxylic acids is 1. The Balaban J connectivity index is 1.82. The third kappa shape index (κ3) is 2.92. The third-order valence-corrected chi connectivity index (χ3v) is 4.61. The van der Waals surface area contributed by atoms with Crippen molar-refractivity contribution in [2.75, 3.05) is 0 Å². The van der Waals surface area contributed by atoms with Gasteiger partial charge in [0.25, 0.3) is 0 Å². The van der Waals surface area contributed by atoms with Gasteiger partial charge in [0.15, 0.2) is 5.78 Å². The van der Waals surface area contributed by atoms with Crippen molar-refractivity contribution in [2.24, 2.45) is 11.3 Å². The van der Waals surface area contributed by atoms with Gasteiger partial charge in [-0.3, -0.25) is 4.79 Å². The van der Waals surface area contributed by atoms with Crippen LogP contribution >= 0.6 is 0 Å². The van der Waals surface area contributed by atoms with Gasteiger partial charge in [-0.2, -0.15) is 5.10 Å². The molecule has 0 bridgehead atoms. The molecule has 1 saturated carbocycles. The van der Waals surface area contributed by atoms with E-state index in [0.717, 1.165) is 31.4 Å². The van der Waals surface area contributed by atoms with E-state index >= 15 is 0 Å². The van der Waals surface area contributed by atoms with Crippen LogP contribution in [-0.2, 0) is 0 Å². The SMILES string of the molecule is CC1(C)CCC(C(=O)c2ccnn2-c2ccccc2)CC1. The van der Waals surface area contributed by atoms with Gasteiger partial charge in [0.1, 0.15) is 5.69 Å². The van der Waals surface area contributed by atoms with E-state index in [1.165, 1.54) is 0 Å². The highest BCUT2D eigenvalue weighted by molar-refractivity contribution is 5.96. The maximum Gasteiger partial charge on any atom is 0.184 e. The van der Waals surface area contributed by atoms with Gasteiger partial charge in [0.05, 0.1) is 11.9 Å². The van der Waals surface area contributed by atoms with Crippen molar-refractivity contribution in [3.8, 4) is 5.69 Å². The van der Waals surface area contributed by atoms with Crippen LogP contribution in [0, 0.1) is 11.3 Å². The molecule has 1 heterocycles. The second-order valence-electron chi connectivity index (χ2n) is 6.77. The second kappa shape index (κ2) is 5.47. The maximum absolute atomic E-state index is 12.8. The predicted octanol–water partition coefficient (Wildman–Crippen LogP) is 4.27. The Labute approximate surface area is 126 Å². The molecule has 3 rings (SSSR count). The van der Waals surface area contributed by atoms with E-state index < -0.39 is 0 Å². The van der Waals surface area contributed by atoms with Crippen LogP contribution in [-0.4, -0.2) is 15.6 Å². The van der Waals surface area contributed by atoms with E-state index in [0.29, 0.717) is 11.1 Å². The molecule has 1 aliphatic rings. The Kier molecular flexibility index (Phi) is 3.66. The molecular formula is C18H22N2O. The Morgan fingerprint density at radius 1 is 1.14 bits per heavy atom. The highest BCUT2D eigenvalue weighted by atomic mass is 16.1. The fourth-order valence-electron chi connectivity index (χ4n) is 3.14. The number of hydrogen-bond donors (Lipinski definition) is 0. The average molecular weight is 282 g/mol. The molecule has 0 N–H and O–H groups in total. The lowest BCUT2D eigenvalue weighted by atomic mass is 9.72. The first-order chi connectivity index (χ1) is 10.1. The standard InChI is InChI=1S/C18H22N2O/c1-18(2)11-8-14(9-12-18)17(21)16-10-13-19-20(16)15-6-4-3-5-7-15/h3-7,10,13-14H,8-9,11-12H2,1-2H3. The van der Waals surface area contributed by atoms with Crippen LogP contribution in [0.5, 0.6) is 0 Å². The fourth-order valence-corrected chi connectivity index (χ4v) is 3.14. The zero-order valence-electron chi connectivity index (χ0n) is 12.7. The number of benzene rings is 1. The van der Waals surface area contributed by atoms with Crippen LogP contribution in [0.3, 0.4) is 0 Å². The summed E-state index contributed by atoms with van der Waals surface area (Å²) in [4.78, 5) is 12.8. The second-order valence-corrected chi connectivity index (χ2v) is 6.77. The van der Waals surface area contributed by atoms with Gasteiger partial charge in [-0.05, 0) is 49.3 Å². The van der Waals surface area contributed by atoms with Crippen molar-refractivity contribution in [1.29, 1.82) is 0 Å². The first kappa shape index (κ1) is 14.1. The minimum atomic E-state index is 0.150. The van der Waals surface area contributed by atoms with Gasteiger partial charge in [-0.15, -0.1) is 0 Å². The first-order valence-electron chi connectivity index (χ1n) is 7.70. The predicted molar refractivity (Wildman–Crippen MR) is 83.6 cm³/mol. The van der Waals surface area contributed by atoms with E-state index in [2.05, 4.69) is 18.9 Å². The Bertz CT molecular complexity index is 618. The summed E-state index contributed by atoms with van der Waals surface area (Å²) < 4.78 is 1.77. The molecule has 0 amide bonds. The minimum Gasteiger partial charge on any atom is -0.292 e. The molecule has 0 saturated heterocycles. The molecule has 1 fully saturated rings. The van der Waals surface area contributed by atoms with E-state index in [4.69, 9.17) is 0 Å². The van der Waals surface area contributed by atoms with Crippen LogP contribution in [0.15, 0.2) is 42.6 Å². The van der Waals surface area contributed by atoms with Crippen LogP contribution < -0.4 is 0 Å². The zero-order valence-corrected chi connectivity index (χ0v) is 12.7. The lowest BCUT2D eigenvalue weighted by molar-refractivity contribution is 0.0830. The summed E-state index contributed by atoms with van der Waals surface area (Å²) in [5.41, 5.74) is 2.05. The van der Waals surface area contributed by atoms with Gasteiger partial charge in [-0.1, -0.05) is 32.0 Å². The fraction of sp³-hybridized carbons (Fsp3) is 0.444. The minimum absolute atomic E-state index is 0.150. The van der Waals surface area contributed by atoms with Crippen LogP contribution in [0.2, 0.25) is 0 Å². The topological polar surface area (TPSA) is 34.9 Å². The lowest BCUT2D eigenvalue weighted by Gasteiger charge is -2.33. The number of nitrogens with zero attached hydrogens (tertiary/aromatic N) is 2. The summed E-state index contributed by atoms with van der Waals surface area (Å²) in [6.07, 6.45) is 5.95. The number of Topliss-reactive ketones (excluding diaryl/α,β-unsaturated/α-hetero) is 1. The Hall–Kier alpha value is -1.90. The Morgan fingerprint density at radius 3 is 2.48 bits per heavy atom. The van der Waals surface area contributed by atoms with Crippen molar-refractivity contribution in [3.05, 3.63) is 48.3 Å². The number of carbonyl (C=O) groups is 1. The Morgan fingerprint density at radius 2 is 1.81 bits per heavy atom. The molecule has 0 spiro atoms. The molecule has 0 atom stereocenters. The van der Waals surface area contributed by atoms with E-state index in [-0.39, 0.29) is 11.7 Å². The van der Waals surface area contributed by atoms with Gasteiger partial charge in [0.2, 0.25) is 0 Å². The summed E-state index contributed by atoms with van der Waals surface area (Å²) in [5.74, 6) is 0.393. The largest absolute Gasteiger partial charge is 0.292 e. The highest BCUT2D eigenvalue weighted by Crippen LogP contribution is 2.39. The summed E-state index contributed by atoms with van der Waals surface area (Å²) in [5, 5.41) is 4.33. The van der Waals surface area contributed by atoms with Crippen molar-refractivity contribution < 1.29 is 4.79 Å². The third-order valence-electron chi connectivity index (χ3n) is 4.61. The molecular weight excluding hydrogens is 260 g/mol. The number of para-hydroxylation sites is 1. The first-order valence-corrected chi connectivity index (χ1v) is 7.70. The van der Waals surface area contributed by atoms with Crippen molar-refractivity contribution in [1.82, 2.24) is 9.78 Å². The molecule has 0 unspecified atom stereocenters. The molecule has 1 aliphatic carbocycles. The number of hydrogen-bond acceptors (Lipinski definition) is 2. The summed E-state index contributed by atoms with van der Waals surface area (Å²) >= 11 is 0. The molecule has 3 nitrogen and oxygen atoms in total. The lowest BCUT2D eigenvalue weighted by Crippen LogP contribution is -2.27. The average Bonchev–Trinajstić information content (AvgIpc) is 2.97. The normalized spacial score (nSPS) is 18.6. The van der Waals surface area contributed by atoms with Crippen LogP contribution in [0.1, 0.15) is 50.0 Å². The summed E-state index contributed by atoms with van der Waals surface area (Å²) in [7, 11) is 0. The summed E-state index contributed by atoms with van der Waals surface area (Å²) in [6.45, 7) is 4.59. The molecule has 3 heteroatoms. The van der Waals surface area contributed by atoms with Crippen molar-refractivity contribution in [3.63, 3.8) is 0 Å². The molecule has 2 aromatic rings. The number of rotatable bonds is 3. The number of aromatic nitrogens is 2. The summed E-state index contributed by atoms with van der Waals surface area (Å²) in [6, 6.07) is 11.7. The maximum atomic E-state index is 12.8. The molecule has 1 aromatic heterocycles. The van der Waals surface area contributed by atoms with Crippen molar-refractivity contribution in [2.45, 2.75) is 39.5 Å². The quantitative estimate of drug-likeness (QED) is 0.788. The number of ketones is 1. The molecule has 0 aliphatic heterocycles. The molecule has 110 valence electrons. The molecule has 1 aromatic carbocycles. The van der Waals surface area contributed by atoms with Crippen LogP contribution in [0.4, 0.5) is 0 Å². The van der Waals surface area contributed by atoms with E-state index in [1.54, 1.807) is 10.9 Å². The van der Waals surface area contributed by atoms with E-state index in [9.17, 15) is 4.79 Å². The molecule has 21 heavy (non-hydrogen) atoms. The smallest absolute Gasteiger partial charge is 0.184 e. The monoisotopic (exact) mass is 282 g/mol. The van der Waals surface area contributed by atoms with Gasteiger partial charge >= 0.3 is 0 Å². The van der Waals surface area contributed by atoms with Crippen molar-refractivity contribution >= 4 is 5.78 Å². The zero-order chi connectivity index (χ0) is 14.9.